The summed E-state index contributed by atoms with van der Waals surface area (Å²) < 4.78 is 40.7. The van der Waals surface area contributed by atoms with Gasteiger partial charge < -0.3 is 9.84 Å². The van der Waals surface area contributed by atoms with E-state index in [0.29, 0.717) is 6.42 Å². The number of aliphatic hydroxyl groups excluding tert-OH is 1. The third kappa shape index (κ3) is 5.57. The van der Waals surface area contributed by atoms with E-state index < -0.39 is 23.6 Å². The molecule has 0 saturated heterocycles. The molecule has 0 heterocycles. The van der Waals surface area contributed by atoms with Gasteiger partial charge in [0.2, 0.25) is 5.76 Å². The third-order valence-corrected chi connectivity index (χ3v) is 2.03. The Hall–Kier alpha value is -1.71. The minimum Gasteiger partial charge on any atom is -0.515 e. The highest BCUT2D eigenvalue weighted by atomic mass is 19.4. The van der Waals surface area contributed by atoms with Crippen LogP contribution in [-0.4, -0.2) is 23.9 Å². The fourth-order valence-corrected chi connectivity index (χ4v) is 1.09. The van der Waals surface area contributed by atoms with Crippen LogP contribution in [0, 0.1) is 6.57 Å². The molecule has 0 atom stereocenters. The molecular formula is C11H14F3NO3. The van der Waals surface area contributed by atoms with Gasteiger partial charge in [-0.15, -0.1) is 0 Å². The predicted molar refractivity (Wildman–Crippen MR) is 57.4 cm³/mol. The van der Waals surface area contributed by atoms with Gasteiger partial charge in [-0.3, -0.25) is 4.79 Å². The molecule has 0 spiro atoms. The molecule has 0 fully saturated rings. The number of nitrogens with zero attached hydrogens (tertiary/aromatic N) is 1. The lowest BCUT2D eigenvalue weighted by molar-refractivity contribution is -0.142. The molecule has 0 aliphatic rings. The number of unbranched alkanes of at least 4 members (excludes halogenated alkanes) is 3. The van der Waals surface area contributed by atoms with Gasteiger partial charge in [0, 0.05) is 0 Å². The van der Waals surface area contributed by atoms with E-state index in [0.717, 1.165) is 19.3 Å². The van der Waals surface area contributed by atoms with E-state index in [1.807, 2.05) is 6.92 Å². The molecule has 0 aromatic heterocycles. The zero-order valence-electron chi connectivity index (χ0n) is 9.88. The smallest absolute Gasteiger partial charge is 0.438 e. The topological polar surface area (TPSA) is 50.9 Å². The Morgan fingerprint density at radius 2 is 1.94 bits per heavy atom. The van der Waals surface area contributed by atoms with E-state index in [1.54, 1.807) is 0 Å². The van der Waals surface area contributed by atoms with Crippen LogP contribution in [0.2, 0.25) is 0 Å². The fraction of sp³-hybridized carbons (Fsp3) is 0.636. The Bertz CT molecular complexity index is 356. The maximum Gasteiger partial charge on any atom is 0.438 e. The molecule has 0 aromatic carbocycles. The number of esters is 1. The number of allylic oxidation sites excluding steroid dienone is 1. The van der Waals surface area contributed by atoms with E-state index in [-0.39, 0.29) is 6.61 Å². The first-order chi connectivity index (χ1) is 8.34. The molecule has 0 saturated carbocycles. The van der Waals surface area contributed by atoms with E-state index in [2.05, 4.69) is 9.58 Å². The Balaban J connectivity index is 4.44. The predicted octanol–water partition coefficient (Wildman–Crippen LogP) is 3.36. The summed E-state index contributed by atoms with van der Waals surface area (Å²) >= 11 is 0. The second kappa shape index (κ2) is 7.58. The van der Waals surface area contributed by atoms with Crippen molar-refractivity contribution >= 4 is 5.97 Å². The van der Waals surface area contributed by atoms with Gasteiger partial charge in [0.1, 0.15) is 0 Å². The summed E-state index contributed by atoms with van der Waals surface area (Å²) in [5.74, 6) is -3.66. The summed E-state index contributed by atoms with van der Waals surface area (Å²) in [7, 11) is 0. The summed E-state index contributed by atoms with van der Waals surface area (Å²) in [5, 5.41) is 8.70. The van der Waals surface area contributed by atoms with Crippen LogP contribution in [0.5, 0.6) is 0 Å². The highest BCUT2D eigenvalue weighted by molar-refractivity contribution is 5.91. The third-order valence-electron chi connectivity index (χ3n) is 2.03. The van der Waals surface area contributed by atoms with Crippen molar-refractivity contribution in [2.24, 2.45) is 0 Å². The van der Waals surface area contributed by atoms with Gasteiger partial charge >= 0.3 is 17.8 Å². The maximum atomic E-state index is 12.1. The molecule has 1 N–H and O–H groups in total. The van der Waals surface area contributed by atoms with Crippen molar-refractivity contribution in [3.63, 3.8) is 0 Å². The first-order valence-corrected chi connectivity index (χ1v) is 5.39. The van der Waals surface area contributed by atoms with Gasteiger partial charge in [-0.05, 0) is 6.42 Å². The van der Waals surface area contributed by atoms with Crippen molar-refractivity contribution in [3.05, 3.63) is 22.9 Å². The molecule has 7 heteroatoms. The van der Waals surface area contributed by atoms with E-state index in [9.17, 15) is 18.0 Å². The minimum atomic E-state index is -5.12. The van der Waals surface area contributed by atoms with Crippen LogP contribution in [0.25, 0.3) is 4.85 Å². The van der Waals surface area contributed by atoms with Crippen LogP contribution >= 0.6 is 0 Å². The maximum absolute atomic E-state index is 12.1. The summed E-state index contributed by atoms with van der Waals surface area (Å²) in [6.45, 7) is 8.37. The quantitative estimate of drug-likeness (QED) is 0.263. The Labute approximate surface area is 103 Å². The van der Waals surface area contributed by atoms with Crippen LogP contribution in [0.3, 0.4) is 0 Å². The number of halogens is 3. The van der Waals surface area contributed by atoms with Gasteiger partial charge in [-0.2, -0.15) is 13.2 Å². The molecule has 0 aromatic rings. The normalized spacial score (nSPS) is 12.6. The second-order valence-corrected chi connectivity index (χ2v) is 3.50. The lowest BCUT2D eigenvalue weighted by Crippen LogP contribution is -2.18. The zero-order valence-corrected chi connectivity index (χ0v) is 9.88. The average Bonchev–Trinajstić information content (AvgIpc) is 2.28. The largest absolute Gasteiger partial charge is 0.515 e. The number of ether oxygens (including phenoxy) is 1. The van der Waals surface area contributed by atoms with Gasteiger partial charge in [0.15, 0.2) is 0 Å². The van der Waals surface area contributed by atoms with Crippen LogP contribution < -0.4 is 0 Å². The molecule has 0 rings (SSSR count). The minimum absolute atomic E-state index is 0.0665. The van der Waals surface area contributed by atoms with Gasteiger partial charge in [-0.25, -0.2) is 4.85 Å². The van der Waals surface area contributed by atoms with Crippen LogP contribution in [0.4, 0.5) is 13.2 Å². The molecule has 102 valence electrons. The molecule has 4 nitrogen and oxygen atoms in total. The van der Waals surface area contributed by atoms with Gasteiger partial charge in [0.05, 0.1) is 13.2 Å². The lowest BCUT2D eigenvalue weighted by Gasteiger charge is -2.08. The summed E-state index contributed by atoms with van der Waals surface area (Å²) in [5.41, 5.74) is -1.43. The number of alkyl halides is 3. The highest BCUT2D eigenvalue weighted by Gasteiger charge is 2.39. The fourth-order valence-electron chi connectivity index (χ4n) is 1.09. The number of carbonyl (C=O) groups excluding carboxylic acids is 1. The lowest BCUT2D eigenvalue weighted by atomic mass is 10.2. The molecule has 18 heavy (non-hydrogen) atoms. The number of carbonyl (C=O) groups is 1. The summed E-state index contributed by atoms with van der Waals surface area (Å²) in [6, 6.07) is 0. The van der Waals surface area contributed by atoms with Crippen molar-refractivity contribution < 1.29 is 27.8 Å². The Kier molecular flexibility index (Phi) is 6.86. The van der Waals surface area contributed by atoms with E-state index in [1.165, 1.54) is 0 Å². The molecule has 0 aliphatic carbocycles. The summed E-state index contributed by atoms with van der Waals surface area (Å²) in [4.78, 5) is 13.5. The van der Waals surface area contributed by atoms with Crippen LogP contribution in [-0.2, 0) is 9.53 Å². The van der Waals surface area contributed by atoms with E-state index in [4.69, 9.17) is 11.7 Å². The monoisotopic (exact) mass is 265 g/mol. The van der Waals surface area contributed by atoms with Gasteiger partial charge in [-0.1, -0.05) is 26.2 Å². The highest BCUT2D eigenvalue weighted by Crippen LogP contribution is 2.27. The molecule has 0 radical (unpaired) electrons. The Morgan fingerprint density at radius 1 is 1.33 bits per heavy atom. The molecular weight excluding hydrogens is 251 g/mol. The molecule has 0 aliphatic heterocycles. The number of rotatable bonds is 6. The number of hydrogen-bond donors (Lipinski definition) is 1. The standard InChI is InChI=1S/C11H14F3NO3/c1-3-4-5-6-7-18-10(17)8(15-2)9(16)11(12,13)14/h16H,3-7H2,1H3. The second-order valence-electron chi connectivity index (χ2n) is 3.50. The number of hydrogen-bond acceptors (Lipinski definition) is 3. The first kappa shape index (κ1) is 16.3. The molecule has 0 amide bonds. The van der Waals surface area contributed by atoms with Crippen LogP contribution in [0.1, 0.15) is 32.6 Å². The Morgan fingerprint density at radius 3 is 2.39 bits per heavy atom. The molecule has 0 unspecified atom stereocenters. The van der Waals surface area contributed by atoms with E-state index >= 15 is 0 Å². The van der Waals surface area contributed by atoms with Crippen molar-refractivity contribution in [1.82, 2.24) is 0 Å². The van der Waals surface area contributed by atoms with Gasteiger partial charge in [0.25, 0.3) is 0 Å². The van der Waals surface area contributed by atoms with Crippen molar-refractivity contribution in [2.75, 3.05) is 6.61 Å². The summed E-state index contributed by atoms with van der Waals surface area (Å²) in [6.07, 6.45) is -1.93. The van der Waals surface area contributed by atoms with Crippen molar-refractivity contribution in [3.8, 4) is 0 Å². The SMILES string of the molecule is [C-]#[N+]C(C(=O)OCCCCCC)=C(O)C(F)(F)F. The van der Waals surface area contributed by atoms with Crippen LogP contribution in [0.15, 0.2) is 11.5 Å². The average molecular weight is 265 g/mol. The number of aliphatic hydroxyl groups is 1. The first-order valence-electron chi connectivity index (χ1n) is 5.39. The van der Waals surface area contributed by atoms with Crippen molar-refractivity contribution in [1.29, 1.82) is 0 Å². The van der Waals surface area contributed by atoms with Crippen molar-refractivity contribution in [2.45, 2.75) is 38.8 Å². The zero-order chi connectivity index (χ0) is 14.2. The molecule has 0 bridgehead atoms.